The predicted octanol–water partition coefficient (Wildman–Crippen LogP) is 3.73. The molecule has 0 saturated carbocycles. The first-order valence-corrected chi connectivity index (χ1v) is 8.83. The average molecular weight is 282 g/mol. The highest BCUT2D eigenvalue weighted by Gasteiger charge is 2.15. The Kier molecular flexibility index (Phi) is 10.7. The number of unbranched alkanes of at least 4 members (excludes halogenated alkanes) is 6. The summed E-state index contributed by atoms with van der Waals surface area (Å²) in [6.07, 6.45) is 13.8. The molecular formula is C17H34N2O. The van der Waals surface area contributed by atoms with Crippen LogP contribution in [0.5, 0.6) is 0 Å². The molecule has 20 heavy (non-hydrogen) atoms. The summed E-state index contributed by atoms with van der Waals surface area (Å²) >= 11 is 0. The summed E-state index contributed by atoms with van der Waals surface area (Å²) in [5.41, 5.74) is 0. The van der Waals surface area contributed by atoms with E-state index in [4.69, 9.17) is 0 Å². The maximum Gasteiger partial charge on any atom is 0.223 e. The Morgan fingerprint density at radius 3 is 2.25 bits per heavy atom. The minimum absolute atomic E-state index is 0.344. The second-order valence-corrected chi connectivity index (χ2v) is 6.06. The molecular weight excluding hydrogens is 248 g/mol. The zero-order valence-electron chi connectivity index (χ0n) is 13.5. The Morgan fingerprint density at radius 2 is 1.55 bits per heavy atom. The predicted molar refractivity (Wildman–Crippen MR) is 85.9 cm³/mol. The first-order valence-electron chi connectivity index (χ1n) is 8.83. The van der Waals surface area contributed by atoms with Crippen molar-refractivity contribution in [1.29, 1.82) is 0 Å². The van der Waals surface area contributed by atoms with Crippen molar-refractivity contribution in [3.8, 4) is 0 Å². The van der Waals surface area contributed by atoms with Crippen LogP contribution < -0.4 is 5.32 Å². The van der Waals surface area contributed by atoms with Gasteiger partial charge in [-0.2, -0.15) is 0 Å². The Hall–Kier alpha value is -0.570. The van der Waals surface area contributed by atoms with Crippen molar-refractivity contribution in [2.24, 2.45) is 0 Å². The van der Waals surface area contributed by atoms with E-state index < -0.39 is 0 Å². The van der Waals surface area contributed by atoms with Gasteiger partial charge in [-0.3, -0.25) is 4.79 Å². The third-order valence-electron chi connectivity index (χ3n) is 4.18. The second kappa shape index (κ2) is 12.2. The van der Waals surface area contributed by atoms with Gasteiger partial charge in [-0.05, 0) is 32.2 Å². The highest BCUT2D eigenvalue weighted by atomic mass is 16.2. The Morgan fingerprint density at radius 1 is 0.900 bits per heavy atom. The smallest absolute Gasteiger partial charge is 0.223 e. The Balaban J connectivity index is 1.83. The lowest BCUT2D eigenvalue weighted by molar-refractivity contribution is -0.131. The first-order chi connectivity index (χ1) is 9.84. The second-order valence-electron chi connectivity index (χ2n) is 6.06. The number of hydrogen-bond donors (Lipinski definition) is 1. The zero-order chi connectivity index (χ0) is 14.5. The molecule has 1 N–H and O–H groups in total. The number of nitrogens with one attached hydrogen (secondary N) is 1. The van der Waals surface area contributed by atoms with E-state index in [-0.39, 0.29) is 0 Å². The van der Waals surface area contributed by atoms with Gasteiger partial charge in [0.25, 0.3) is 0 Å². The SMILES string of the molecule is CCCCCCCCCNCCC(=O)N1CCCCC1. The molecule has 0 unspecified atom stereocenters. The van der Waals surface area contributed by atoms with E-state index in [0.29, 0.717) is 12.3 Å². The van der Waals surface area contributed by atoms with Gasteiger partial charge >= 0.3 is 0 Å². The van der Waals surface area contributed by atoms with Gasteiger partial charge in [0.1, 0.15) is 0 Å². The van der Waals surface area contributed by atoms with Crippen LogP contribution in [0.15, 0.2) is 0 Å². The van der Waals surface area contributed by atoms with E-state index in [1.807, 2.05) is 4.90 Å². The van der Waals surface area contributed by atoms with Crippen molar-refractivity contribution in [2.45, 2.75) is 77.6 Å². The van der Waals surface area contributed by atoms with Crippen molar-refractivity contribution in [3.05, 3.63) is 0 Å². The van der Waals surface area contributed by atoms with Crippen molar-refractivity contribution in [1.82, 2.24) is 10.2 Å². The standard InChI is InChI=1S/C17H34N2O/c1-2-3-4-5-6-7-9-13-18-14-12-17(20)19-15-10-8-11-16-19/h18H,2-16H2,1H3. The summed E-state index contributed by atoms with van der Waals surface area (Å²) < 4.78 is 0. The van der Waals surface area contributed by atoms with Gasteiger partial charge < -0.3 is 10.2 Å². The maximum absolute atomic E-state index is 11.9. The van der Waals surface area contributed by atoms with Gasteiger partial charge in [0, 0.05) is 26.1 Å². The van der Waals surface area contributed by atoms with E-state index in [1.54, 1.807) is 0 Å². The van der Waals surface area contributed by atoms with Crippen LogP contribution in [0.1, 0.15) is 77.6 Å². The largest absolute Gasteiger partial charge is 0.343 e. The molecule has 0 aromatic heterocycles. The lowest BCUT2D eigenvalue weighted by Gasteiger charge is -2.26. The van der Waals surface area contributed by atoms with Crippen LogP contribution in [0.4, 0.5) is 0 Å². The minimum Gasteiger partial charge on any atom is -0.343 e. The number of carbonyl (C=O) groups excluding carboxylic acids is 1. The highest BCUT2D eigenvalue weighted by molar-refractivity contribution is 5.76. The fourth-order valence-electron chi connectivity index (χ4n) is 2.83. The van der Waals surface area contributed by atoms with E-state index in [9.17, 15) is 4.79 Å². The number of hydrogen-bond acceptors (Lipinski definition) is 2. The molecule has 1 aliphatic heterocycles. The quantitative estimate of drug-likeness (QED) is 0.586. The molecule has 1 aliphatic rings. The van der Waals surface area contributed by atoms with E-state index in [2.05, 4.69) is 12.2 Å². The maximum atomic E-state index is 11.9. The number of likely N-dealkylation sites (tertiary alicyclic amines) is 1. The summed E-state index contributed by atoms with van der Waals surface area (Å²) in [5.74, 6) is 0.344. The molecule has 3 heteroatoms. The molecule has 1 heterocycles. The third kappa shape index (κ3) is 8.57. The molecule has 0 aliphatic carbocycles. The van der Waals surface area contributed by atoms with Crippen molar-refractivity contribution in [2.75, 3.05) is 26.2 Å². The van der Waals surface area contributed by atoms with Crippen molar-refractivity contribution in [3.63, 3.8) is 0 Å². The number of carbonyl (C=O) groups is 1. The van der Waals surface area contributed by atoms with Crippen LogP contribution in [0.3, 0.4) is 0 Å². The number of nitrogens with zero attached hydrogens (tertiary/aromatic N) is 1. The molecule has 0 atom stereocenters. The first kappa shape index (κ1) is 17.5. The number of rotatable bonds is 11. The number of amides is 1. The van der Waals surface area contributed by atoms with Crippen LogP contribution in [0.2, 0.25) is 0 Å². The molecule has 0 spiro atoms. The van der Waals surface area contributed by atoms with E-state index in [0.717, 1.165) is 26.2 Å². The lowest BCUT2D eigenvalue weighted by atomic mass is 10.1. The summed E-state index contributed by atoms with van der Waals surface area (Å²) in [6, 6.07) is 0. The van der Waals surface area contributed by atoms with Gasteiger partial charge in [-0.25, -0.2) is 0 Å². The monoisotopic (exact) mass is 282 g/mol. The fourth-order valence-corrected chi connectivity index (χ4v) is 2.83. The normalized spacial score (nSPS) is 15.6. The summed E-state index contributed by atoms with van der Waals surface area (Å²) in [5, 5.41) is 3.41. The van der Waals surface area contributed by atoms with Crippen LogP contribution in [-0.4, -0.2) is 37.0 Å². The van der Waals surface area contributed by atoms with Crippen molar-refractivity contribution >= 4 is 5.91 Å². The Bertz CT molecular complexity index is 237. The molecule has 0 aromatic rings. The van der Waals surface area contributed by atoms with Gasteiger partial charge in [-0.15, -0.1) is 0 Å². The van der Waals surface area contributed by atoms with E-state index in [1.165, 1.54) is 64.2 Å². The number of piperidine rings is 1. The molecule has 0 bridgehead atoms. The molecule has 118 valence electrons. The van der Waals surface area contributed by atoms with Crippen LogP contribution >= 0.6 is 0 Å². The third-order valence-corrected chi connectivity index (χ3v) is 4.18. The molecule has 0 radical (unpaired) electrons. The fraction of sp³-hybridized carbons (Fsp3) is 0.941. The van der Waals surface area contributed by atoms with Crippen molar-refractivity contribution < 1.29 is 4.79 Å². The summed E-state index contributed by atoms with van der Waals surface area (Å²) in [7, 11) is 0. The van der Waals surface area contributed by atoms with E-state index >= 15 is 0 Å². The highest BCUT2D eigenvalue weighted by Crippen LogP contribution is 2.09. The average Bonchev–Trinajstić information content (AvgIpc) is 2.50. The van der Waals surface area contributed by atoms with Gasteiger partial charge in [0.2, 0.25) is 5.91 Å². The molecule has 1 rings (SSSR count). The molecule has 0 aromatic carbocycles. The molecule has 1 fully saturated rings. The topological polar surface area (TPSA) is 32.3 Å². The van der Waals surface area contributed by atoms with Crippen LogP contribution in [0, 0.1) is 0 Å². The molecule has 1 saturated heterocycles. The van der Waals surface area contributed by atoms with Gasteiger partial charge in [0.05, 0.1) is 0 Å². The van der Waals surface area contributed by atoms with Crippen LogP contribution in [0.25, 0.3) is 0 Å². The Labute approximate surface area is 125 Å². The molecule has 3 nitrogen and oxygen atoms in total. The summed E-state index contributed by atoms with van der Waals surface area (Å²) in [6.45, 7) is 6.15. The minimum atomic E-state index is 0.344. The summed E-state index contributed by atoms with van der Waals surface area (Å²) in [4.78, 5) is 14.0. The van der Waals surface area contributed by atoms with Gasteiger partial charge in [0.15, 0.2) is 0 Å². The van der Waals surface area contributed by atoms with Gasteiger partial charge in [-0.1, -0.05) is 45.4 Å². The molecule has 1 amide bonds. The zero-order valence-corrected chi connectivity index (χ0v) is 13.5. The van der Waals surface area contributed by atoms with Crippen LogP contribution in [-0.2, 0) is 4.79 Å². The lowest BCUT2D eigenvalue weighted by Crippen LogP contribution is -2.37.